The van der Waals surface area contributed by atoms with E-state index in [4.69, 9.17) is 18.9 Å². The van der Waals surface area contributed by atoms with Gasteiger partial charge in [0.05, 0.1) is 14.2 Å². The van der Waals surface area contributed by atoms with Crippen LogP contribution >= 0.6 is 0 Å². The fourth-order valence-corrected chi connectivity index (χ4v) is 2.64. The second kappa shape index (κ2) is 8.88. The Hall–Kier alpha value is -3.87. The van der Waals surface area contributed by atoms with Crippen molar-refractivity contribution in [1.29, 1.82) is 0 Å². The fourth-order valence-electron chi connectivity index (χ4n) is 2.64. The van der Waals surface area contributed by atoms with Crippen LogP contribution in [-0.2, 0) is 14.3 Å². The van der Waals surface area contributed by atoms with Crippen LogP contribution in [0.3, 0.4) is 0 Å². The van der Waals surface area contributed by atoms with Crippen molar-refractivity contribution < 1.29 is 28.5 Å². The van der Waals surface area contributed by atoms with Gasteiger partial charge in [-0.05, 0) is 35.9 Å². The first kappa shape index (κ1) is 19.9. The van der Waals surface area contributed by atoms with E-state index in [1.165, 1.54) is 14.0 Å². The highest BCUT2D eigenvalue weighted by Crippen LogP contribution is 2.30. The summed E-state index contributed by atoms with van der Waals surface area (Å²) in [7, 11) is 3.05. The molecule has 7 nitrogen and oxygen atoms in total. The number of hydrogen-bond acceptors (Lipinski definition) is 7. The van der Waals surface area contributed by atoms with Crippen LogP contribution in [0.15, 0.2) is 59.2 Å². The van der Waals surface area contributed by atoms with Gasteiger partial charge in [-0.1, -0.05) is 24.3 Å². The number of nitrogens with zero attached hydrogens (tertiary/aromatic N) is 1. The number of rotatable bonds is 6. The van der Waals surface area contributed by atoms with E-state index in [2.05, 4.69) is 4.99 Å². The van der Waals surface area contributed by atoms with Gasteiger partial charge in [0.25, 0.3) is 0 Å². The maximum atomic E-state index is 12.1. The lowest BCUT2D eigenvalue weighted by Crippen LogP contribution is -2.03. The van der Waals surface area contributed by atoms with E-state index in [-0.39, 0.29) is 17.3 Å². The van der Waals surface area contributed by atoms with E-state index in [1.807, 2.05) is 24.3 Å². The minimum Gasteiger partial charge on any atom is -0.496 e. The van der Waals surface area contributed by atoms with E-state index < -0.39 is 11.9 Å². The van der Waals surface area contributed by atoms with Gasteiger partial charge in [-0.25, -0.2) is 9.79 Å². The number of benzene rings is 2. The molecule has 2 aromatic carbocycles. The molecule has 29 heavy (non-hydrogen) atoms. The Balaban J connectivity index is 1.85. The van der Waals surface area contributed by atoms with Gasteiger partial charge in [-0.3, -0.25) is 4.79 Å². The normalized spacial score (nSPS) is 14.7. The quantitative estimate of drug-likeness (QED) is 0.423. The van der Waals surface area contributed by atoms with Crippen molar-refractivity contribution in [1.82, 2.24) is 0 Å². The molecule has 0 amide bonds. The highest BCUT2D eigenvalue weighted by atomic mass is 16.6. The van der Waals surface area contributed by atoms with Gasteiger partial charge in [0.15, 0.2) is 17.2 Å². The number of esters is 2. The number of para-hydroxylation sites is 1. The third-order valence-corrected chi connectivity index (χ3v) is 3.93. The van der Waals surface area contributed by atoms with Gasteiger partial charge >= 0.3 is 11.9 Å². The van der Waals surface area contributed by atoms with E-state index in [0.29, 0.717) is 17.1 Å². The first-order chi connectivity index (χ1) is 14.0. The highest BCUT2D eigenvalue weighted by molar-refractivity contribution is 6.11. The average molecular weight is 393 g/mol. The zero-order chi connectivity index (χ0) is 20.8. The molecule has 7 heteroatoms. The first-order valence-electron chi connectivity index (χ1n) is 8.70. The number of cyclic esters (lactones) is 1. The molecule has 3 rings (SSSR count). The summed E-state index contributed by atoms with van der Waals surface area (Å²) in [6.07, 6.45) is 4.88. The maximum absolute atomic E-state index is 12.1. The van der Waals surface area contributed by atoms with Crippen LogP contribution in [0.2, 0.25) is 0 Å². The van der Waals surface area contributed by atoms with E-state index >= 15 is 0 Å². The van der Waals surface area contributed by atoms with Crippen LogP contribution in [0.5, 0.6) is 17.2 Å². The third-order valence-electron chi connectivity index (χ3n) is 3.93. The van der Waals surface area contributed by atoms with Crippen molar-refractivity contribution in [3.05, 3.63) is 65.4 Å². The molecule has 0 radical (unpaired) electrons. The van der Waals surface area contributed by atoms with Gasteiger partial charge in [-0.2, -0.15) is 0 Å². The Morgan fingerprint density at radius 3 is 2.48 bits per heavy atom. The van der Waals surface area contributed by atoms with Crippen molar-refractivity contribution in [3.63, 3.8) is 0 Å². The highest BCUT2D eigenvalue weighted by Gasteiger charge is 2.21. The number of hydrogen-bond donors (Lipinski definition) is 0. The van der Waals surface area contributed by atoms with Crippen molar-refractivity contribution in [2.45, 2.75) is 6.92 Å². The van der Waals surface area contributed by atoms with Crippen LogP contribution < -0.4 is 14.2 Å². The molecule has 2 aromatic rings. The van der Waals surface area contributed by atoms with Crippen LogP contribution in [0, 0.1) is 0 Å². The fraction of sp³-hybridized carbons (Fsp3) is 0.136. The van der Waals surface area contributed by atoms with Gasteiger partial charge < -0.3 is 18.9 Å². The Morgan fingerprint density at radius 2 is 1.76 bits per heavy atom. The lowest BCUT2D eigenvalue weighted by molar-refractivity contribution is -0.132. The molecular formula is C22H19NO6. The molecule has 148 valence electrons. The molecule has 0 N–H and O–H groups in total. The predicted octanol–water partition coefficient (Wildman–Crippen LogP) is 3.64. The summed E-state index contributed by atoms with van der Waals surface area (Å²) >= 11 is 0. The molecule has 0 bridgehead atoms. The second-order valence-electron chi connectivity index (χ2n) is 5.95. The molecule has 0 spiro atoms. The lowest BCUT2D eigenvalue weighted by Gasteiger charge is -2.08. The topological polar surface area (TPSA) is 83.4 Å². The standard InChI is InChI=1S/C22H19NO6/c1-14(24)28-20-13-15(8-10-19(20)27-3)12-17-22(25)29-21(23-17)11-9-16-6-4-5-7-18(16)26-2/h4-13H,1-3H3/b11-9+,17-12-. The molecule has 0 aromatic heterocycles. The second-order valence-corrected chi connectivity index (χ2v) is 5.95. The summed E-state index contributed by atoms with van der Waals surface area (Å²) in [6, 6.07) is 12.4. The molecule has 0 atom stereocenters. The van der Waals surface area contributed by atoms with Gasteiger partial charge in [0.2, 0.25) is 5.90 Å². The minimum atomic E-state index is -0.575. The summed E-state index contributed by atoms with van der Waals surface area (Å²) in [5.41, 5.74) is 1.56. The largest absolute Gasteiger partial charge is 0.496 e. The Morgan fingerprint density at radius 1 is 1.00 bits per heavy atom. The SMILES string of the molecule is COc1ccccc1/C=C/C1=NC(=C\c2ccc(OC)c(OC(C)=O)c2)/C(=O)O1. The van der Waals surface area contributed by atoms with Crippen molar-refractivity contribution in [2.75, 3.05) is 14.2 Å². The van der Waals surface area contributed by atoms with Gasteiger partial charge in [-0.15, -0.1) is 0 Å². The maximum Gasteiger partial charge on any atom is 0.363 e. The van der Waals surface area contributed by atoms with Gasteiger partial charge in [0, 0.05) is 18.6 Å². The number of carbonyl (C=O) groups is 2. The van der Waals surface area contributed by atoms with E-state index in [0.717, 1.165) is 5.56 Å². The van der Waals surface area contributed by atoms with Crippen LogP contribution in [-0.4, -0.2) is 32.1 Å². The Labute approximate surface area is 167 Å². The Kier molecular flexibility index (Phi) is 6.09. The lowest BCUT2D eigenvalue weighted by atomic mass is 10.1. The van der Waals surface area contributed by atoms with Crippen LogP contribution in [0.4, 0.5) is 0 Å². The molecule has 1 aliphatic heterocycles. The molecule has 0 aliphatic carbocycles. The summed E-state index contributed by atoms with van der Waals surface area (Å²) in [5, 5.41) is 0. The van der Waals surface area contributed by atoms with Crippen LogP contribution in [0.25, 0.3) is 12.2 Å². The summed E-state index contributed by atoms with van der Waals surface area (Å²) in [4.78, 5) is 27.6. The minimum absolute atomic E-state index is 0.128. The summed E-state index contributed by atoms with van der Waals surface area (Å²) < 4.78 is 20.8. The van der Waals surface area contributed by atoms with Gasteiger partial charge in [0.1, 0.15) is 5.75 Å². The number of methoxy groups -OCH3 is 2. The molecule has 0 saturated carbocycles. The van der Waals surface area contributed by atoms with Crippen molar-refractivity contribution in [2.24, 2.45) is 4.99 Å². The Bertz CT molecular complexity index is 1040. The molecule has 0 unspecified atom stereocenters. The molecule has 1 heterocycles. The molecule has 0 fully saturated rings. The number of ether oxygens (including phenoxy) is 4. The first-order valence-corrected chi connectivity index (χ1v) is 8.70. The van der Waals surface area contributed by atoms with E-state index in [9.17, 15) is 9.59 Å². The molecule has 1 aliphatic rings. The number of carbonyl (C=O) groups excluding carboxylic acids is 2. The zero-order valence-electron chi connectivity index (χ0n) is 16.2. The predicted molar refractivity (Wildman–Crippen MR) is 108 cm³/mol. The van der Waals surface area contributed by atoms with Crippen molar-refractivity contribution >= 4 is 30.0 Å². The smallest absolute Gasteiger partial charge is 0.363 e. The van der Waals surface area contributed by atoms with E-state index in [1.54, 1.807) is 43.5 Å². The monoisotopic (exact) mass is 393 g/mol. The van der Waals surface area contributed by atoms with Crippen molar-refractivity contribution in [3.8, 4) is 17.2 Å². The number of aliphatic imine (C=N–C) groups is 1. The third kappa shape index (κ3) is 4.90. The average Bonchev–Trinajstić information content (AvgIpc) is 3.05. The summed E-state index contributed by atoms with van der Waals surface area (Å²) in [5.74, 6) is 0.465. The zero-order valence-corrected chi connectivity index (χ0v) is 16.2. The molecular weight excluding hydrogens is 374 g/mol. The summed E-state index contributed by atoms with van der Waals surface area (Å²) in [6.45, 7) is 1.30. The van der Waals surface area contributed by atoms with Crippen LogP contribution in [0.1, 0.15) is 18.1 Å². The molecule has 0 saturated heterocycles.